The highest BCUT2D eigenvalue weighted by molar-refractivity contribution is 6.34. The third-order valence-corrected chi connectivity index (χ3v) is 8.68. The first kappa shape index (κ1) is 24.3. The Hall–Kier alpha value is -3.00. The summed E-state index contributed by atoms with van der Waals surface area (Å²) >= 11 is 6.58. The number of nitrogens with two attached hydrogens (primary N) is 1. The van der Waals surface area contributed by atoms with E-state index < -0.39 is 35.2 Å². The number of hydrogen-bond acceptors (Lipinski definition) is 4. The van der Waals surface area contributed by atoms with Crippen LogP contribution in [0.3, 0.4) is 0 Å². The molecular weight excluding hydrogens is 498 g/mol. The Balaban J connectivity index is 1.65. The summed E-state index contributed by atoms with van der Waals surface area (Å²) in [5.41, 5.74) is 6.61. The van der Waals surface area contributed by atoms with Gasteiger partial charge in [-0.3, -0.25) is 4.79 Å². The number of hydrogen-bond donors (Lipinski definition) is 3. The van der Waals surface area contributed by atoms with Crippen molar-refractivity contribution >= 4 is 17.5 Å². The third-order valence-electron chi connectivity index (χ3n) is 8.31. The Labute approximate surface area is 218 Å². The van der Waals surface area contributed by atoms with Gasteiger partial charge in [-0.15, -0.1) is 0 Å². The van der Waals surface area contributed by atoms with Crippen LogP contribution in [-0.2, 0) is 12.0 Å². The van der Waals surface area contributed by atoms with E-state index in [1.807, 2.05) is 37.3 Å². The molecule has 5 nitrogen and oxygen atoms in total. The first-order valence-electron chi connectivity index (χ1n) is 12.6. The molecule has 4 atom stereocenters. The second kappa shape index (κ2) is 8.79. The van der Waals surface area contributed by atoms with Gasteiger partial charge in [0.2, 0.25) is 5.91 Å². The van der Waals surface area contributed by atoms with Gasteiger partial charge in [-0.25, -0.2) is 8.78 Å². The molecule has 1 saturated heterocycles. The smallest absolute Gasteiger partial charge is 0.249 e. The highest BCUT2D eigenvalue weighted by Crippen LogP contribution is 2.58. The van der Waals surface area contributed by atoms with Gasteiger partial charge < -0.3 is 20.9 Å². The number of carbonyl (C=O) groups is 1. The van der Waals surface area contributed by atoms with Crippen LogP contribution in [0.15, 0.2) is 42.5 Å². The molecule has 0 spiro atoms. The average Bonchev–Trinajstić information content (AvgIpc) is 3.61. The number of benzene rings is 3. The number of ether oxygens (including phenoxy) is 1. The van der Waals surface area contributed by atoms with Gasteiger partial charge in [0, 0.05) is 34.2 Å². The van der Waals surface area contributed by atoms with Crippen molar-refractivity contribution in [1.29, 1.82) is 0 Å². The number of carbonyl (C=O) groups excluding carboxylic acids is 1. The van der Waals surface area contributed by atoms with E-state index in [-0.39, 0.29) is 39.1 Å². The maximum absolute atomic E-state index is 16.3. The maximum Gasteiger partial charge on any atom is 0.249 e. The predicted octanol–water partition coefficient (Wildman–Crippen LogP) is 5.51. The van der Waals surface area contributed by atoms with Crippen LogP contribution in [0.2, 0.25) is 5.02 Å². The second-order valence-corrected chi connectivity index (χ2v) is 10.6. The van der Waals surface area contributed by atoms with Crippen molar-refractivity contribution in [3.05, 3.63) is 86.9 Å². The third kappa shape index (κ3) is 3.44. The van der Waals surface area contributed by atoms with E-state index in [1.54, 1.807) is 0 Å². The highest BCUT2D eigenvalue weighted by Gasteiger charge is 2.55. The van der Waals surface area contributed by atoms with E-state index in [4.69, 9.17) is 22.1 Å². The van der Waals surface area contributed by atoms with E-state index in [2.05, 4.69) is 5.32 Å². The quantitative estimate of drug-likeness (QED) is 0.420. The minimum Gasteiger partial charge on any atom is -0.480 e. The first-order chi connectivity index (χ1) is 17.8. The van der Waals surface area contributed by atoms with Gasteiger partial charge in [0.1, 0.15) is 17.4 Å². The summed E-state index contributed by atoms with van der Waals surface area (Å²) in [6, 6.07) is 12.4. The molecule has 2 aliphatic heterocycles. The van der Waals surface area contributed by atoms with E-state index in [0.717, 1.165) is 24.9 Å². The molecule has 0 aromatic heterocycles. The molecule has 1 fully saturated rings. The van der Waals surface area contributed by atoms with E-state index in [1.165, 1.54) is 12.1 Å². The lowest BCUT2D eigenvalue weighted by molar-refractivity contribution is 0.0333. The largest absolute Gasteiger partial charge is 0.480 e. The van der Waals surface area contributed by atoms with Crippen LogP contribution in [0.25, 0.3) is 11.1 Å². The van der Waals surface area contributed by atoms with Crippen molar-refractivity contribution in [3.8, 4) is 16.9 Å². The molecule has 1 amide bonds. The van der Waals surface area contributed by atoms with Crippen molar-refractivity contribution in [3.63, 3.8) is 0 Å². The summed E-state index contributed by atoms with van der Waals surface area (Å²) in [6.45, 7) is 2.78. The lowest BCUT2D eigenvalue weighted by Gasteiger charge is -2.39. The van der Waals surface area contributed by atoms with Crippen molar-refractivity contribution in [2.75, 3.05) is 6.54 Å². The number of amides is 1. The van der Waals surface area contributed by atoms with Crippen LogP contribution in [0, 0.1) is 11.6 Å². The Morgan fingerprint density at radius 1 is 1.16 bits per heavy atom. The highest BCUT2D eigenvalue weighted by atomic mass is 35.5. The predicted molar refractivity (Wildman–Crippen MR) is 137 cm³/mol. The van der Waals surface area contributed by atoms with E-state index in [9.17, 15) is 9.90 Å². The lowest BCUT2D eigenvalue weighted by Crippen LogP contribution is -2.50. The van der Waals surface area contributed by atoms with Crippen molar-refractivity contribution in [2.24, 2.45) is 5.73 Å². The van der Waals surface area contributed by atoms with Gasteiger partial charge in [0.25, 0.3) is 0 Å². The Morgan fingerprint density at radius 3 is 2.59 bits per heavy atom. The van der Waals surface area contributed by atoms with Crippen LogP contribution in [0.1, 0.15) is 70.8 Å². The molecule has 1 aliphatic carbocycles. The molecule has 0 bridgehead atoms. The number of fused-ring (bicyclic) bond motifs is 2. The zero-order valence-corrected chi connectivity index (χ0v) is 21.0. The number of primary amides is 1. The zero-order valence-electron chi connectivity index (χ0n) is 20.3. The molecule has 4 N–H and O–H groups in total. The number of nitrogens with one attached hydrogen (secondary N) is 1. The molecule has 0 unspecified atom stereocenters. The normalized spacial score (nSPS) is 26.1. The minimum atomic E-state index is -1.03. The second-order valence-electron chi connectivity index (χ2n) is 10.2. The van der Waals surface area contributed by atoms with Gasteiger partial charge in [-0.2, -0.15) is 0 Å². The van der Waals surface area contributed by atoms with Gasteiger partial charge in [0.05, 0.1) is 22.7 Å². The van der Waals surface area contributed by atoms with Gasteiger partial charge in [0.15, 0.2) is 5.60 Å². The Bertz CT molecular complexity index is 1420. The molecule has 2 heterocycles. The van der Waals surface area contributed by atoms with E-state index in [0.29, 0.717) is 24.0 Å². The summed E-state index contributed by atoms with van der Waals surface area (Å²) in [7, 11) is 0. The number of aliphatic hydroxyl groups excluding tert-OH is 1. The number of aliphatic hydroxyl groups is 1. The minimum absolute atomic E-state index is 0.0492. The monoisotopic (exact) mass is 524 g/mol. The standard InChI is InChI=1S/C29H27ClF2N2O3/c1-14-22-20(37-29(14,21-8-5-11-34-21)16-6-3-2-4-7-16)13-18(31)26(30)25(22)24-17(28(33)36)12-15-9-10-19(35)23(15)27(24)32/h2-4,6-7,12-14,19,21,34-35H,5,8-11H2,1H3,(H2,33,36)/t14-,19-,21-,29-/m0/s1. The first-order valence-corrected chi connectivity index (χ1v) is 13.0. The summed E-state index contributed by atoms with van der Waals surface area (Å²) < 4.78 is 38.3. The number of aryl methyl sites for hydroxylation is 1. The molecule has 3 aliphatic rings. The Kier molecular flexibility index (Phi) is 5.78. The van der Waals surface area contributed by atoms with Crippen molar-refractivity contribution in [2.45, 2.75) is 56.3 Å². The molecule has 0 saturated carbocycles. The van der Waals surface area contributed by atoms with Crippen molar-refractivity contribution in [1.82, 2.24) is 5.32 Å². The molecule has 37 heavy (non-hydrogen) atoms. The fourth-order valence-corrected chi connectivity index (χ4v) is 6.90. The van der Waals surface area contributed by atoms with Gasteiger partial charge >= 0.3 is 0 Å². The van der Waals surface area contributed by atoms with Crippen molar-refractivity contribution < 1.29 is 23.4 Å². The topological polar surface area (TPSA) is 84.6 Å². The maximum atomic E-state index is 16.3. The lowest BCUT2D eigenvalue weighted by atomic mass is 9.73. The molecule has 0 radical (unpaired) electrons. The van der Waals surface area contributed by atoms with Crippen LogP contribution < -0.4 is 15.8 Å². The van der Waals surface area contributed by atoms with Crippen LogP contribution in [0.4, 0.5) is 8.78 Å². The molecule has 6 rings (SSSR count). The zero-order chi connectivity index (χ0) is 26.1. The Morgan fingerprint density at radius 2 is 1.92 bits per heavy atom. The number of rotatable bonds is 4. The molecular formula is C29H27ClF2N2O3. The van der Waals surface area contributed by atoms with E-state index >= 15 is 8.78 Å². The number of halogens is 3. The summed E-state index contributed by atoms with van der Waals surface area (Å²) in [6.07, 6.45) is 1.50. The molecule has 3 aromatic rings. The fraction of sp³-hybridized carbons (Fsp3) is 0.345. The average molecular weight is 525 g/mol. The fourth-order valence-electron chi connectivity index (χ4n) is 6.65. The molecule has 3 aromatic carbocycles. The molecule has 192 valence electrons. The summed E-state index contributed by atoms with van der Waals surface area (Å²) in [4.78, 5) is 12.6. The summed E-state index contributed by atoms with van der Waals surface area (Å²) in [5.74, 6) is -2.59. The van der Waals surface area contributed by atoms with Crippen LogP contribution >= 0.6 is 11.6 Å². The van der Waals surface area contributed by atoms with Gasteiger partial charge in [-0.1, -0.05) is 48.9 Å². The molecule has 8 heteroatoms. The van der Waals surface area contributed by atoms with Crippen LogP contribution in [-0.4, -0.2) is 23.6 Å². The van der Waals surface area contributed by atoms with Gasteiger partial charge in [-0.05, 0) is 49.4 Å². The SMILES string of the molecule is C[C@H]1c2c(cc(F)c(Cl)c2-c2c(C(N)=O)cc3c(c2F)[C@@H](O)CC3)O[C@@]1(c1ccccc1)[C@@H]1CCCN1. The summed E-state index contributed by atoms with van der Waals surface area (Å²) in [5, 5.41) is 13.7. The van der Waals surface area contributed by atoms with Crippen LogP contribution in [0.5, 0.6) is 5.75 Å².